The van der Waals surface area contributed by atoms with Gasteiger partial charge in [0.05, 0.1) is 0 Å². The predicted molar refractivity (Wildman–Crippen MR) is 88.1 cm³/mol. The maximum atomic E-state index is 12.1. The lowest BCUT2D eigenvalue weighted by molar-refractivity contribution is -0.128. The Morgan fingerprint density at radius 1 is 1.29 bits per heavy atom. The van der Waals surface area contributed by atoms with E-state index in [0.717, 1.165) is 30.7 Å². The summed E-state index contributed by atoms with van der Waals surface area (Å²) in [6, 6.07) is 4.51. The van der Waals surface area contributed by atoms with Crippen LogP contribution in [0.15, 0.2) is 12.1 Å². The molecular formula is C19H25ClO. The Labute approximate surface area is 133 Å². The molecule has 0 N–H and O–H groups in total. The summed E-state index contributed by atoms with van der Waals surface area (Å²) in [6.07, 6.45) is 3.81. The molecule has 21 heavy (non-hydrogen) atoms. The minimum atomic E-state index is 0.125. The molecule has 0 aromatic heterocycles. The van der Waals surface area contributed by atoms with Crippen LogP contribution in [0.2, 0.25) is 5.02 Å². The summed E-state index contributed by atoms with van der Waals surface area (Å²) in [5.74, 6) is 1.58. The molecule has 2 aliphatic rings. The third-order valence-electron chi connectivity index (χ3n) is 6.04. The van der Waals surface area contributed by atoms with Gasteiger partial charge in [0.25, 0.3) is 0 Å². The van der Waals surface area contributed by atoms with E-state index >= 15 is 0 Å². The molecule has 0 aliphatic heterocycles. The van der Waals surface area contributed by atoms with Crippen LogP contribution in [-0.4, -0.2) is 5.78 Å². The van der Waals surface area contributed by atoms with E-state index in [1.54, 1.807) is 0 Å². The van der Waals surface area contributed by atoms with E-state index in [2.05, 4.69) is 39.8 Å². The number of hydrogen-bond donors (Lipinski definition) is 0. The molecule has 1 aromatic rings. The summed E-state index contributed by atoms with van der Waals surface area (Å²) in [6.45, 7) is 8.87. The van der Waals surface area contributed by atoms with E-state index in [4.69, 9.17) is 11.6 Å². The zero-order valence-corrected chi connectivity index (χ0v) is 14.3. The van der Waals surface area contributed by atoms with Crippen LogP contribution in [0.1, 0.15) is 69.6 Å². The van der Waals surface area contributed by atoms with Crippen LogP contribution in [0.25, 0.3) is 0 Å². The number of carbonyl (C=O) groups is 1. The maximum absolute atomic E-state index is 12.1. The van der Waals surface area contributed by atoms with Crippen LogP contribution in [0.3, 0.4) is 0 Å². The molecule has 2 aliphatic carbocycles. The van der Waals surface area contributed by atoms with Crippen molar-refractivity contribution >= 4 is 17.4 Å². The highest BCUT2D eigenvalue weighted by molar-refractivity contribution is 6.32. The van der Waals surface area contributed by atoms with E-state index in [9.17, 15) is 4.79 Å². The largest absolute Gasteiger partial charge is 0.299 e. The van der Waals surface area contributed by atoms with E-state index in [-0.39, 0.29) is 11.3 Å². The normalized spacial score (nSPS) is 32.0. The average molecular weight is 305 g/mol. The molecule has 0 amide bonds. The van der Waals surface area contributed by atoms with Gasteiger partial charge < -0.3 is 0 Å². The number of carbonyl (C=O) groups excluding carboxylic acids is 1. The van der Waals surface area contributed by atoms with Crippen molar-refractivity contribution in [2.24, 2.45) is 11.8 Å². The van der Waals surface area contributed by atoms with E-state index < -0.39 is 0 Å². The second-order valence-electron chi connectivity index (χ2n) is 7.47. The molecule has 1 saturated carbocycles. The molecule has 1 fully saturated rings. The Hall–Kier alpha value is -0.820. The van der Waals surface area contributed by atoms with Crippen LogP contribution in [-0.2, 0) is 16.6 Å². The van der Waals surface area contributed by atoms with Gasteiger partial charge in [-0.3, -0.25) is 4.79 Å². The SMILES string of the molecule is CC(C)c1ccc2c(c1Cl)CC[C@H]1[C@@H](C)C(=O)CC[C@]21C. The summed E-state index contributed by atoms with van der Waals surface area (Å²) >= 11 is 6.71. The highest BCUT2D eigenvalue weighted by Crippen LogP contribution is 2.52. The molecule has 0 spiro atoms. The van der Waals surface area contributed by atoms with Gasteiger partial charge in [-0.05, 0) is 53.2 Å². The first-order valence-electron chi connectivity index (χ1n) is 8.20. The minimum Gasteiger partial charge on any atom is -0.299 e. The Kier molecular flexibility index (Phi) is 3.68. The van der Waals surface area contributed by atoms with E-state index in [1.165, 1.54) is 16.7 Å². The van der Waals surface area contributed by atoms with Gasteiger partial charge in [0.15, 0.2) is 0 Å². The number of Topliss-reactive ketones (excluding diaryl/α,β-unsaturated/α-hetero) is 1. The fraction of sp³-hybridized carbons (Fsp3) is 0.632. The van der Waals surface area contributed by atoms with Crippen molar-refractivity contribution < 1.29 is 4.79 Å². The molecule has 0 heterocycles. The lowest BCUT2D eigenvalue weighted by Gasteiger charge is -2.49. The van der Waals surface area contributed by atoms with Crippen LogP contribution in [0.5, 0.6) is 0 Å². The summed E-state index contributed by atoms with van der Waals surface area (Å²) in [5, 5.41) is 0.978. The lowest BCUT2D eigenvalue weighted by Crippen LogP contribution is -2.46. The highest BCUT2D eigenvalue weighted by Gasteiger charge is 2.48. The highest BCUT2D eigenvalue weighted by atomic mass is 35.5. The molecule has 3 rings (SSSR count). The van der Waals surface area contributed by atoms with Crippen molar-refractivity contribution in [1.29, 1.82) is 0 Å². The zero-order valence-electron chi connectivity index (χ0n) is 13.5. The average Bonchev–Trinajstić information content (AvgIpc) is 2.44. The third-order valence-corrected chi connectivity index (χ3v) is 6.48. The number of halogens is 1. The van der Waals surface area contributed by atoms with Crippen LogP contribution in [0.4, 0.5) is 0 Å². The van der Waals surface area contributed by atoms with Gasteiger partial charge in [-0.2, -0.15) is 0 Å². The lowest BCUT2D eigenvalue weighted by atomic mass is 9.55. The standard InChI is InChI=1S/C19H25ClO/c1-11(2)13-5-8-16-14(18(13)20)6-7-15-12(3)17(21)9-10-19(15,16)4/h5,8,11-12,15H,6-7,9-10H2,1-4H3/t12-,15+,19+/m1/s1. The van der Waals surface area contributed by atoms with Gasteiger partial charge >= 0.3 is 0 Å². The van der Waals surface area contributed by atoms with Gasteiger partial charge in [0, 0.05) is 17.4 Å². The van der Waals surface area contributed by atoms with Crippen molar-refractivity contribution in [2.75, 3.05) is 0 Å². The third kappa shape index (κ3) is 2.16. The van der Waals surface area contributed by atoms with Crippen molar-refractivity contribution in [2.45, 2.75) is 64.7 Å². The van der Waals surface area contributed by atoms with E-state index in [0.29, 0.717) is 17.6 Å². The molecular weight excluding hydrogens is 280 g/mol. The number of rotatable bonds is 1. The summed E-state index contributed by atoms with van der Waals surface area (Å²) in [5.41, 5.74) is 4.15. The fourth-order valence-corrected chi connectivity index (χ4v) is 5.12. The molecule has 0 radical (unpaired) electrons. The molecule has 0 bridgehead atoms. The molecule has 2 heteroatoms. The van der Waals surface area contributed by atoms with Crippen molar-refractivity contribution in [3.63, 3.8) is 0 Å². The first-order chi connectivity index (χ1) is 9.86. The molecule has 3 atom stereocenters. The second-order valence-corrected chi connectivity index (χ2v) is 7.85. The Morgan fingerprint density at radius 2 is 2.00 bits per heavy atom. The van der Waals surface area contributed by atoms with Crippen LogP contribution >= 0.6 is 11.6 Å². The first kappa shape index (κ1) is 15.1. The van der Waals surface area contributed by atoms with Crippen molar-refractivity contribution in [3.05, 3.63) is 33.8 Å². The number of fused-ring (bicyclic) bond motifs is 3. The fourth-order valence-electron chi connectivity index (χ4n) is 4.64. The summed E-state index contributed by atoms with van der Waals surface area (Å²) in [7, 11) is 0. The monoisotopic (exact) mass is 304 g/mol. The molecule has 0 saturated heterocycles. The number of benzene rings is 1. The second kappa shape index (κ2) is 5.12. The Bertz CT molecular complexity index is 589. The maximum Gasteiger partial charge on any atom is 0.136 e. The van der Waals surface area contributed by atoms with Crippen LogP contribution in [0, 0.1) is 11.8 Å². The van der Waals surface area contributed by atoms with E-state index in [1.807, 2.05) is 0 Å². The Balaban J connectivity index is 2.11. The first-order valence-corrected chi connectivity index (χ1v) is 8.58. The molecule has 1 aromatic carbocycles. The summed E-state index contributed by atoms with van der Waals surface area (Å²) < 4.78 is 0. The Morgan fingerprint density at radius 3 is 2.67 bits per heavy atom. The van der Waals surface area contributed by atoms with Gasteiger partial charge in [-0.1, -0.05) is 51.4 Å². The van der Waals surface area contributed by atoms with Crippen LogP contribution < -0.4 is 0 Å². The number of hydrogen-bond acceptors (Lipinski definition) is 1. The molecule has 0 unspecified atom stereocenters. The topological polar surface area (TPSA) is 17.1 Å². The van der Waals surface area contributed by atoms with Gasteiger partial charge in [-0.25, -0.2) is 0 Å². The van der Waals surface area contributed by atoms with Gasteiger partial charge in [0.1, 0.15) is 5.78 Å². The van der Waals surface area contributed by atoms with Gasteiger partial charge in [0.2, 0.25) is 0 Å². The molecule has 1 nitrogen and oxygen atoms in total. The van der Waals surface area contributed by atoms with Gasteiger partial charge in [-0.15, -0.1) is 0 Å². The van der Waals surface area contributed by atoms with Crippen molar-refractivity contribution in [3.8, 4) is 0 Å². The quantitative estimate of drug-likeness (QED) is 0.689. The number of ketones is 1. The zero-order chi connectivity index (χ0) is 15.4. The smallest absolute Gasteiger partial charge is 0.136 e. The summed E-state index contributed by atoms with van der Waals surface area (Å²) in [4.78, 5) is 12.1. The predicted octanol–water partition coefficient (Wildman–Crippen LogP) is 5.28. The molecule has 114 valence electrons. The minimum absolute atomic E-state index is 0.125. The van der Waals surface area contributed by atoms with Crippen molar-refractivity contribution in [1.82, 2.24) is 0 Å².